The number of rotatable bonds is 10. The number of hydrogen-bond donors (Lipinski definition) is 2. The maximum absolute atomic E-state index is 12.5. The molecule has 30 heavy (non-hydrogen) atoms. The van der Waals surface area contributed by atoms with Crippen LogP contribution in [0.15, 0.2) is 45.6 Å². The molecule has 1 heterocycles. The molecule has 1 aromatic carbocycles. The largest absolute Gasteiger partial charge is 0.491 e. The number of nitrogens with one attached hydrogen (secondary N) is 1. The third kappa shape index (κ3) is 7.71. The maximum Gasteiger partial charge on any atom is 0.252 e. The van der Waals surface area contributed by atoms with E-state index in [1.165, 1.54) is 15.6 Å². The molecule has 0 saturated heterocycles. The first-order valence-electron chi connectivity index (χ1n) is 9.68. The molecular weight excluding hydrogens is 535 g/mol. The molecule has 0 spiro atoms. The fourth-order valence-electron chi connectivity index (χ4n) is 2.68. The van der Waals surface area contributed by atoms with Gasteiger partial charge in [-0.1, -0.05) is 13.8 Å². The third-order valence-electron chi connectivity index (χ3n) is 4.08. The van der Waals surface area contributed by atoms with Crippen molar-refractivity contribution in [3.05, 3.63) is 41.3 Å². The third-order valence-corrected chi connectivity index (χ3v) is 7.74. The summed E-state index contributed by atoms with van der Waals surface area (Å²) in [5.74, 6) is 1.12. The molecule has 2 rings (SSSR count). The van der Waals surface area contributed by atoms with E-state index in [1.807, 2.05) is 58.0 Å². The number of anilines is 1. The Kier molecular flexibility index (Phi) is 11.1. The van der Waals surface area contributed by atoms with E-state index < -0.39 is 10.0 Å². The molecular formula is C20H31IN4O3S2. The Labute approximate surface area is 200 Å². The Hall–Kier alpha value is -1.37. The first-order chi connectivity index (χ1) is 13.8. The number of halogens is 1. The second kappa shape index (κ2) is 12.5. The molecule has 0 amide bonds. The topological polar surface area (TPSA) is 97.0 Å². The van der Waals surface area contributed by atoms with Crippen molar-refractivity contribution in [1.82, 2.24) is 4.31 Å². The summed E-state index contributed by atoms with van der Waals surface area (Å²) in [6.07, 6.45) is 0.752. The minimum Gasteiger partial charge on any atom is -0.491 e. The van der Waals surface area contributed by atoms with E-state index in [4.69, 9.17) is 10.5 Å². The zero-order valence-electron chi connectivity index (χ0n) is 17.8. The van der Waals surface area contributed by atoms with Gasteiger partial charge in [-0.15, -0.1) is 35.3 Å². The summed E-state index contributed by atoms with van der Waals surface area (Å²) in [5, 5.41) is 3.04. The summed E-state index contributed by atoms with van der Waals surface area (Å²) in [6.45, 7) is 9.03. The highest BCUT2D eigenvalue weighted by molar-refractivity contribution is 14.0. The van der Waals surface area contributed by atoms with Crippen LogP contribution >= 0.6 is 35.3 Å². The Bertz CT molecular complexity index is 908. The second-order valence-corrected chi connectivity index (χ2v) is 9.98. The van der Waals surface area contributed by atoms with Gasteiger partial charge in [-0.05, 0) is 50.2 Å². The van der Waals surface area contributed by atoms with Crippen molar-refractivity contribution < 1.29 is 13.2 Å². The smallest absolute Gasteiger partial charge is 0.252 e. The van der Waals surface area contributed by atoms with Crippen molar-refractivity contribution in [1.29, 1.82) is 0 Å². The molecule has 2 aromatic rings. The fourth-order valence-corrected chi connectivity index (χ4v) is 5.64. The molecule has 0 aliphatic heterocycles. The highest BCUT2D eigenvalue weighted by Crippen LogP contribution is 2.25. The van der Waals surface area contributed by atoms with Gasteiger partial charge in [0.1, 0.15) is 9.96 Å². The highest BCUT2D eigenvalue weighted by atomic mass is 127. The molecule has 10 heteroatoms. The van der Waals surface area contributed by atoms with Crippen LogP contribution in [-0.2, 0) is 16.4 Å². The Morgan fingerprint density at radius 3 is 2.37 bits per heavy atom. The van der Waals surface area contributed by atoms with E-state index in [2.05, 4.69) is 10.3 Å². The van der Waals surface area contributed by atoms with Crippen molar-refractivity contribution in [3.63, 3.8) is 0 Å². The number of hydrogen-bond acceptors (Lipinski definition) is 5. The first-order valence-corrected chi connectivity index (χ1v) is 11.9. The van der Waals surface area contributed by atoms with Crippen LogP contribution in [-0.4, -0.2) is 44.4 Å². The molecule has 168 valence electrons. The van der Waals surface area contributed by atoms with Gasteiger partial charge >= 0.3 is 0 Å². The zero-order chi connectivity index (χ0) is 21.4. The quantitative estimate of drug-likeness (QED) is 0.256. The number of guanidine groups is 1. The Morgan fingerprint density at radius 2 is 1.80 bits per heavy atom. The van der Waals surface area contributed by atoms with Crippen LogP contribution in [0.3, 0.4) is 0 Å². The lowest BCUT2D eigenvalue weighted by molar-refractivity contribution is 0.242. The summed E-state index contributed by atoms with van der Waals surface area (Å²) in [6, 6.07) is 11.0. The van der Waals surface area contributed by atoms with Crippen molar-refractivity contribution in [2.24, 2.45) is 10.7 Å². The van der Waals surface area contributed by atoms with Gasteiger partial charge in [0.05, 0.1) is 6.10 Å². The Morgan fingerprint density at radius 1 is 1.17 bits per heavy atom. The van der Waals surface area contributed by atoms with Crippen LogP contribution in [0.4, 0.5) is 5.69 Å². The minimum absolute atomic E-state index is 0. The molecule has 0 fully saturated rings. The van der Waals surface area contributed by atoms with Gasteiger partial charge in [0.25, 0.3) is 10.0 Å². The maximum atomic E-state index is 12.5. The van der Waals surface area contributed by atoms with Crippen LogP contribution in [0.1, 0.15) is 32.6 Å². The van der Waals surface area contributed by atoms with E-state index in [1.54, 1.807) is 6.07 Å². The summed E-state index contributed by atoms with van der Waals surface area (Å²) < 4.78 is 32.5. The normalized spacial score (nSPS) is 12.1. The predicted octanol–water partition coefficient (Wildman–Crippen LogP) is 4.15. The average Bonchev–Trinajstić information content (AvgIpc) is 3.13. The van der Waals surface area contributed by atoms with Gasteiger partial charge in [-0.3, -0.25) is 4.99 Å². The van der Waals surface area contributed by atoms with Gasteiger partial charge in [-0.25, -0.2) is 8.42 Å². The molecule has 0 bridgehead atoms. The van der Waals surface area contributed by atoms with Gasteiger partial charge in [-0.2, -0.15) is 4.31 Å². The zero-order valence-corrected chi connectivity index (χ0v) is 21.8. The number of ether oxygens (including phenoxy) is 1. The molecule has 0 aliphatic rings. The molecule has 3 N–H and O–H groups in total. The number of nitrogens with two attached hydrogens (primary N) is 1. The molecule has 1 aromatic heterocycles. The van der Waals surface area contributed by atoms with E-state index in [9.17, 15) is 8.42 Å². The lowest BCUT2D eigenvalue weighted by atomic mass is 10.3. The molecule has 0 atom stereocenters. The number of nitrogens with zero attached hydrogens (tertiary/aromatic N) is 2. The molecule has 0 aliphatic carbocycles. The lowest BCUT2D eigenvalue weighted by Gasteiger charge is -2.16. The average molecular weight is 567 g/mol. The SMILES string of the molecule is CCN(CC)S(=O)(=O)c1ccc(CCN=C(N)Nc2ccc(OC(C)C)cc2)s1.I. The fraction of sp³-hybridized carbons (Fsp3) is 0.450. The van der Waals surface area contributed by atoms with Crippen LogP contribution in [0, 0.1) is 0 Å². The van der Waals surface area contributed by atoms with E-state index in [0.29, 0.717) is 36.2 Å². The molecule has 0 radical (unpaired) electrons. The van der Waals surface area contributed by atoms with Crippen molar-refractivity contribution in [2.75, 3.05) is 25.0 Å². The molecule has 7 nitrogen and oxygen atoms in total. The van der Waals surface area contributed by atoms with Crippen LogP contribution in [0.25, 0.3) is 0 Å². The molecule has 0 saturated carbocycles. The van der Waals surface area contributed by atoms with Crippen LogP contribution < -0.4 is 15.8 Å². The van der Waals surface area contributed by atoms with Gasteiger partial charge in [0, 0.05) is 36.6 Å². The first kappa shape index (κ1) is 26.7. The van der Waals surface area contributed by atoms with Gasteiger partial charge in [0.15, 0.2) is 5.96 Å². The standard InChI is InChI=1S/C20H30N4O3S2.HI/c1-5-24(6-2)29(25,26)19-12-11-18(28-19)13-14-22-20(21)23-16-7-9-17(10-8-16)27-15(3)4;/h7-12,15H,5-6,13-14H2,1-4H3,(H3,21,22,23);1H. The predicted molar refractivity (Wildman–Crippen MR) is 136 cm³/mol. The van der Waals surface area contributed by atoms with E-state index in [-0.39, 0.29) is 30.1 Å². The highest BCUT2D eigenvalue weighted by Gasteiger charge is 2.23. The number of aliphatic imine (C=N–C) groups is 1. The second-order valence-electron chi connectivity index (χ2n) is 6.64. The van der Waals surface area contributed by atoms with E-state index >= 15 is 0 Å². The van der Waals surface area contributed by atoms with Crippen molar-refractivity contribution in [3.8, 4) is 5.75 Å². The monoisotopic (exact) mass is 566 g/mol. The van der Waals surface area contributed by atoms with Crippen molar-refractivity contribution in [2.45, 2.75) is 44.4 Å². The number of thiophene rings is 1. The summed E-state index contributed by atoms with van der Waals surface area (Å²) >= 11 is 1.29. The Balaban J connectivity index is 0.00000450. The van der Waals surface area contributed by atoms with Crippen molar-refractivity contribution >= 4 is 57.0 Å². The van der Waals surface area contributed by atoms with Gasteiger partial charge < -0.3 is 15.8 Å². The summed E-state index contributed by atoms with van der Waals surface area (Å²) in [7, 11) is -3.40. The number of benzene rings is 1. The lowest BCUT2D eigenvalue weighted by Crippen LogP contribution is -2.29. The van der Waals surface area contributed by atoms with Gasteiger partial charge in [0.2, 0.25) is 0 Å². The summed E-state index contributed by atoms with van der Waals surface area (Å²) in [4.78, 5) is 5.28. The van der Waals surface area contributed by atoms with E-state index in [0.717, 1.165) is 16.3 Å². The molecule has 0 unspecified atom stereocenters. The van der Waals surface area contributed by atoms with Crippen LogP contribution in [0.5, 0.6) is 5.75 Å². The minimum atomic E-state index is -3.40. The number of sulfonamides is 1. The van der Waals surface area contributed by atoms with Crippen LogP contribution in [0.2, 0.25) is 0 Å². The summed E-state index contributed by atoms with van der Waals surface area (Å²) in [5.41, 5.74) is 6.77.